The third kappa shape index (κ3) is 4.76. The molecule has 0 aromatic heterocycles. The summed E-state index contributed by atoms with van der Waals surface area (Å²) in [5.74, 6) is 0.00619. The molecule has 6 nitrogen and oxygen atoms in total. The molecule has 0 bridgehead atoms. The smallest absolute Gasteiger partial charge is 0.255 e. The number of nitrogens with one attached hydrogen (secondary N) is 1. The third-order valence-corrected chi connectivity index (χ3v) is 2.38. The normalized spacial score (nSPS) is 10.6. The average Bonchev–Trinajstić information content (AvgIpc) is 2.37. The van der Waals surface area contributed by atoms with Crippen molar-refractivity contribution < 1.29 is 9.53 Å². The number of thioether (sulfide) groups is 1. The van der Waals surface area contributed by atoms with Crippen molar-refractivity contribution in [2.75, 3.05) is 12.9 Å². The number of primary amides is 1. The molecule has 0 unspecified atom stereocenters. The van der Waals surface area contributed by atoms with Crippen LogP contribution in [0.25, 0.3) is 0 Å². The molecule has 0 saturated heterocycles. The molecule has 0 saturated carbocycles. The van der Waals surface area contributed by atoms with E-state index < -0.39 is 5.91 Å². The molecule has 0 aliphatic heterocycles. The summed E-state index contributed by atoms with van der Waals surface area (Å²) < 4.78 is 5.11. The molecule has 0 atom stereocenters. The van der Waals surface area contributed by atoms with E-state index in [1.54, 1.807) is 30.5 Å². The molecule has 0 spiro atoms. The maximum atomic E-state index is 10.5. The molecule has 0 fully saturated rings. The number of hydrogen-bond donors (Lipinski definition) is 2. The molecule has 0 aliphatic rings. The van der Waals surface area contributed by atoms with Crippen LogP contribution in [0.1, 0.15) is 0 Å². The highest BCUT2D eigenvalue weighted by Gasteiger charge is 1.99. The van der Waals surface area contributed by atoms with Crippen LogP contribution >= 0.6 is 11.8 Å². The fourth-order valence-electron chi connectivity index (χ4n) is 1.06. The SMILES string of the molecule is CSC(=Nc1ccc(OCC(N)=O)cc1)NC#N. The van der Waals surface area contributed by atoms with Crippen LogP contribution in [0, 0.1) is 11.5 Å². The fourth-order valence-corrected chi connectivity index (χ4v) is 1.41. The molecular weight excluding hydrogens is 252 g/mol. The van der Waals surface area contributed by atoms with Gasteiger partial charge in [0.05, 0.1) is 5.69 Å². The van der Waals surface area contributed by atoms with E-state index in [-0.39, 0.29) is 6.61 Å². The lowest BCUT2D eigenvalue weighted by atomic mass is 10.3. The lowest BCUT2D eigenvalue weighted by molar-refractivity contribution is -0.119. The van der Waals surface area contributed by atoms with Crippen molar-refractivity contribution in [1.29, 1.82) is 5.26 Å². The Balaban J connectivity index is 2.70. The van der Waals surface area contributed by atoms with E-state index in [4.69, 9.17) is 15.7 Å². The van der Waals surface area contributed by atoms with Gasteiger partial charge in [-0.3, -0.25) is 10.1 Å². The van der Waals surface area contributed by atoms with Gasteiger partial charge in [-0.1, -0.05) is 11.8 Å². The van der Waals surface area contributed by atoms with Crippen LogP contribution in [0.15, 0.2) is 29.3 Å². The molecule has 1 aromatic rings. The predicted molar refractivity (Wildman–Crippen MR) is 70.5 cm³/mol. The van der Waals surface area contributed by atoms with Gasteiger partial charge in [-0.05, 0) is 30.5 Å². The summed E-state index contributed by atoms with van der Waals surface area (Å²) in [7, 11) is 0. The number of nitriles is 1. The van der Waals surface area contributed by atoms with Gasteiger partial charge in [0.25, 0.3) is 5.91 Å². The summed E-state index contributed by atoms with van der Waals surface area (Å²) in [6, 6.07) is 6.77. The van der Waals surface area contributed by atoms with Gasteiger partial charge in [-0.2, -0.15) is 5.26 Å². The third-order valence-electron chi connectivity index (χ3n) is 1.80. The molecule has 7 heteroatoms. The molecule has 1 aromatic carbocycles. The van der Waals surface area contributed by atoms with Gasteiger partial charge in [0.2, 0.25) is 0 Å². The van der Waals surface area contributed by atoms with E-state index in [1.165, 1.54) is 11.8 Å². The number of amidine groups is 1. The average molecular weight is 264 g/mol. The molecule has 0 aliphatic carbocycles. The monoisotopic (exact) mass is 264 g/mol. The van der Waals surface area contributed by atoms with E-state index in [2.05, 4.69) is 10.3 Å². The number of nitrogens with zero attached hydrogens (tertiary/aromatic N) is 2. The Labute approximate surface area is 109 Å². The molecular formula is C11H12N4O2S. The zero-order chi connectivity index (χ0) is 13.4. The van der Waals surface area contributed by atoms with E-state index in [1.807, 2.05) is 6.26 Å². The van der Waals surface area contributed by atoms with Crippen molar-refractivity contribution in [1.82, 2.24) is 5.32 Å². The first-order valence-corrected chi connectivity index (χ1v) is 6.17. The van der Waals surface area contributed by atoms with E-state index in [0.717, 1.165) is 0 Å². The first-order chi connectivity index (χ1) is 8.65. The van der Waals surface area contributed by atoms with Gasteiger partial charge in [0.15, 0.2) is 18.0 Å². The number of carbonyl (C=O) groups is 1. The van der Waals surface area contributed by atoms with E-state index >= 15 is 0 Å². The lowest BCUT2D eigenvalue weighted by Crippen LogP contribution is -2.19. The Morgan fingerprint density at radius 2 is 2.22 bits per heavy atom. The van der Waals surface area contributed by atoms with Crippen LogP contribution < -0.4 is 15.8 Å². The highest BCUT2D eigenvalue weighted by molar-refractivity contribution is 8.13. The minimum atomic E-state index is -0.528. The molecule has 1 rings (SSSR count). The number of nitrogens with two attached hydrogens (primary N) is 1. The molecule has 94 valence electrons. The molecule has 0 heterocycles. The second-order valence-electron chi connectivity index (χ2n) is 3.11. The minimum absolute atomic E-state index is 0.158. The van der Waals surface area contributed by atoms with Crippen molar-refractivity contribution in [3.63, 3.8) is 0 Å². The summed E-state index contributed by atoms with van der Waals surface area (Å²) >= 11 is 1.33. The highest BCUT2D eigenvalue weighted by atomic mass is 32.2. The van der Waals surface area contributed by atoms with E-state index in [0.29, 0.717) is 16.6 Å². The van der Waals surface area contributed by atoms with Gasteiger partial charge < -0.3 is 10.5 Å². The zero-order valence-corrected chi connectivity index (χ0v) is 10.5. The Morgan fingerprint density at radius 1 is 1.56 bits per heavy atom. The van der Waals surface area contributed by atoms with Gasteiger partial charge in [0, 0.05) is 0 Å². The van der Waals surface area contributed by atoms with Gasteiger partial charge in [-0.25, -0.2) is 4.99 Å². The van der Waals surface area contributed by atoms with Gasteiger partial charge >= 0.3 is 0 Å². The van der Waals surface area contributed by atoms with Crippen LogP contribution in [0.4, 0.5) is 5.69 Å². The van der Waals surface area contributed by atoms with Crippen molar-refractivity contribution in [3.05, 3.63) is 24.3 Å². The molecule has 0 radical (unpaired) electrons. The zero-order valence-electron chi connectivity index (χ0n) is 9.71. The highest BCUT2D eigenvalue weighted by Crippen LogP contribution is 2.19. The van der Waals surface area contributed by atoms with Crippen molar-refractivity contribution >= 4 is 28.5 Å². The summed E-state index contributed by atoms with van der Waals surface area (Å²) in [5.41, 5.74) is 5.63. The topological polar surface area (TPSA) is 100 Å². The van der Waals surface area contributed by atoms with Crippen LogP contribution in [0.2, 0.25) is 0 Å². The maximum absolute atomic E-state index is 10.5. The number of amides is 1. The van der Waals surface area contributed by atoms with Crippen molar-refractivity contribution in [3.8, 4) is 11.9 Å². The molecule has 1 amide bonds. The van der Waals surface area contributed by atoms with E-state index in [9.17, 15) is 4.79 Å². The van der Waals surface area contributed by atoms with Crippen LogP contribution in [-0.2, 0) is 4.79 Å². The molecule has 18 heavy (non-hydrogen) atoms. The summed E-state index contributed by atoms with van der Waals surface area (Å²) in [6.07, 6.45) is 3.62. The Morgan fingerprint density at radius 3 is 2.72 bits per heavy atom. The van der Waals surface area contributed by atoms with Crippen LogP contribution in [0.3, 0.4) is 0 Å². The quantitative estimate of drug-likeness (QED) is 0.365. The largest absolute Gasteiger partial charge is 0.484 e. The minimum Gasteiger partial charge on any atom is -0.484 e. The first kappa shape index (κ1) is 13.9. The van der Waals surface area contributed by atoms with Gasteiger partial charge in [0.1, 0.15) is 5.75 Å². The maximum Gasteiger partial charge on any atom is 0.255 e. The van der Waals surface area contributed by atoms with Crippen LogP contribution in [0.5, 0.6) is 5.75 Å². The second-order valence-corrected chi connectivity index (χ2v) is 3.90. The number of hydrogen-bond acceptors (Lipinski definition) is 5. The standard InChI is InChI=1S/C11H12N4O2S/c1-18-11(14-7-12)15-8-2-4-9(5-3-8)17-6-10(13)16/h2-5H,6H2,1H3,(H2,13,16)(H,14,15). The lowest BCUT2D eigenvalue weighted by Gasteiger charge is -2.04. The number of aliphatic imine (C=N–C) groups is 1. The van der Waals surface area contributed by atoms with Crippen LogP contribution in [-0.4, -0.2) is 23.9 Å². The number of ether oxygens (including phenoxy) is 1. The Bertz CT molecular complexity index is 479. The summed E-state index contributed by atoms with van der Waals surface area (Å²) in [4.78, 5) is 14.7. The Hall–Kier alpha value is -2.20. The predicted octanol–water partition coefficient (Wildman–Crippen LogP) is 0.972. The second kappa shape index (κ2) is 7.19. The Kier molecular flexibility index (Phi) is 5.54. The van der Waals surface area contributed by atoms with Crippen molar-refractivity contribution in [2.24, 2.45) is 10.7 Å². The van der Waals surface area contributed by atoms with Crippen molar-refractivity contribution in [2.45, 2.75) is 0 Å². The number of benzene rings is 1. The summed E-state index contributed by atoms with van der Waals surface area (Å²) in [5, 5.41) is 11.5. The fraction of sp³-hybridized carbons (Fsp3) is 0.182. The number of carbonyl (C=O) groups excluding carboxylic acids is 1. The summed E-state index contributed by atoms with van der Waals surface area (Å²) in [6.45, 7) is -0.158. The number of rotatable bonds is 4. The first-order valence-electron chi connectivity index (χ1n) is 4.94. The van der Waals surface area contributed by atoms with Gasteiger partial charge in [-0.15, -0.1) is 0 Å². The molecule has 3 N–H and O–H groups in total.